The van der Waals surface area contributed by atoms with Gasteiger partial charge in [-0.1, -0.05) is 30.3 Å². The van der Waals surface area contributed by atoms with Gasteiger partial charge in [0.1, 0.15) is 5.82 Å². The molecule has 2 atom stereocenters. The number of aromatic amines is 1. The van der Waals surface area contributed by atoms with Crippen LogP contribution in [0.25, 0.3) is 11.0 Å². The van der Waals surface area contributed by atoms with Gasteiger partial charge >= 0.3 is 0 Å². The first-order valence-corrected chi connectivity index (χ1v) is 10.3. The Morgan fingerprint density at radius 1 is 1.07 bits per heavy atom. The van der Waals surface area contributed by atoms with Crippen molar-refractivity contribution in [3.63, 3.8) is 0 Å². The average Bonchev–Trinajstić information content (AvgIpc) is 3.19. The molecule has 29 heavy (non-hydrogen) atoms. The van der Waals surface area contributed by atoms with E-state index < -0.39 is 0 Å². The van der Waals surface area contributed by atoms with E-state index >= 15 is 0 Å². The van der Waals surface area contributed by atoms with Crippen molar-refractivity contribution in [3.05, 3.63) is 89.5 Å². The molecule has 0 spiro atoms. The number of hydrogen-bond donors (Lipinski definition) is 3. The fourth-order valence-electron chi connectivity index (χ4n) is 4.28. The number of rotatable bonds is 5. The van der Waals surface area contributed by atoms with Gasteiger partial charge in [-0.3, -0.25) is 10.3 Å². The first kappa shape index (κ1) is 17.9. The number of benzene rings is 2. The molecule has 0 fully saturated rings. The van der Waals surface area contributed by atoms with Crippen molar-refractivity contribution in [3.8, 4) is 0 Å². The van der Waals surface area contributed by atoms with Crippen molar-refractivity contribution in [1.82, 2.24) is 20.3 Å². The molecule has 4 N–H and O–H groups in total. The van der Waals surface area contributed by atoms with Gasteiger partial charge in [-0.05, 0) is 67.1 Å². The summed E-state index contributed by atoms with van der Waals surface area (Å²) in [7, 11) is 0. The minimum atomic E-state index is 0.0592. The van der Waals surface area contributed by atoms with E-state index in [-0.39, 0.29) is 12.1 Å². The highest BCUT2D eigenvalue weighted by Crippen LogP contribution is 2.31. The predicted octanol–water partition coefficient (Wildman–Crippen LogP) is 4.49. The van der Waals surface area contributed by atoms with Crippen LogP contribution in [0, 0.1) is 0 Å². The summed E-state index contributed by atoms with van der Waals surface area (Å²) in [4.78, 5) is 13.1. The third-order valence-electron chi connectivity index (χ3n) is 5.75. The molecule has 1 aliphatic rings. The molecule has 0 amide bonds. The maximum absolute atomic E-state index is 5.88. The van der Waals surface area contributed by atoms with Crippen LogP contribution in [0.2, 0.25) is 0 Å². The summed E-state index contributed by atoms with van der Waals surface area (Å²) in [6.45, 7) is 0. The smallest absolute Gasteiger partial charge is 0.124 e. The molecule has 0 saturated carbocycles. The molecular weight excluding hydrogens is 358 g/mol. The van der Waals surface area contributed by atoms with E-state index in [1.165, 1.54) is 23.2 Å². The standard InChI is InChI=1S/C24H25N5/c25-18-12-10-16(11-13-18)15-22(24-28-19-7-1-2-8-20(19)29-24)27-21-9-3-5-17-6-4-14-26-23(17)21/h1-2,4,6-8,10-14,21-22,27H,3,5,9,15,25H2,(H,28,29). The largest absolute Gasteiger partial charge is 0.399 e. The third kappa shape index (κ3) is 3.74. The van der Waals surface area contributed by atoms with Crippen molar-refractivity contribution in [2.24, 2.45) is 0 Å². The molecule has 0 aliphatic heterocycles. The molecule has 2 unspecified atom stereocenters. The summed E-state index contributed by atoms with van der Waals surface area (Å²) in [6, 6.07) is 20.8. The summed E-state index contributed by atoms with van der Waals surface area (Å²) in [5.41, 5.74) is 12.5. The van der Waals surface area contributed by atoms with E-state index in [2.05, 4.69) is 34.6 Å². The van der Waals surface area contributed by atoms with Gasteiger partial charge in [0.2, 0.25) is 0 Å². The summed E-state index contributed by atoms with van der Waals surface area (Å²) in [5.74, 6) is 0.964. The number of aryl methyl sites for hydroxylation is 1. The average molecular weight is 383 g/mol. The molecule has 0 radical (unpaired) electrons. The Bertz CT molecular complexity index is 1080. The lowest BCUT2D eigenvalue weighted by molar-refractivity contribution is 0.382. The van der Waals surface area contributed by atoms with Gasteiger partial charge in [0.15, 0.2) is 0 Å². The summed E-state index contributed by atoms with van der Waals surface area (Å²) in [6.07, 6.45) is 6.09. The monoisotopic (exact) mass is 383 g/mol. The number of aromatic nitrogens is 3. The van der Waals surface area contributed by atoms with Crippen molar-refractivity contribution >= 4 is 16.7 Å². The molecule has 5 rings (SSSR count). The van der Waals surface area contributed by atoms with Crippen LogP contribution in [0.4, 0.5) is 5.69 Å². The highest BCUT2D eigenvalue weighted by Gasteiger charge is 2.26. The van der Waals surface area contributed by atoms with Gasteiger partial charge < -0.3 is 10.7 Å². The van der Waals surface area contributed by atoms with Crippen LogP contribution in [-0.2, 0) is 12.8 Å². The number of nitrogens with two attached hydrogens (primary N) is 1. The second-order valence-corrected chi connectivity index (χ2v) is 7.80. The molecule has 0 bridgehead atoms. The minimum absolute atomic E-state index is 0.0592. The van der Waals surface area contributed by atoms with Crippen LogP contribution in [0.3, 0.4) is 0 Å². The quantitative estimate of drug-likeness (QED) is 0.444. The number of fused-ring (bicyclic) bond motifs is 2. The summed E-state index contributed by atoms with van der Waals surface area (Å²) < 4.78 is 0. The van der Waals surface area contributed by atoms with Crippen molar-refractivity contribution in [2.75, 3.05) is 5.73 Å². The van der Waals surface area contributed by atoms with Crippen molar-refractivity contribution in [2.45, 2.75) is 37.8 Å². The first-order valence-electron chi connectivity index (χ1n) is 10.3. The highest BCUT2D eigenvalue weighted by molar-refractivity contribution is 5.74. The number of pyridine rings is 1. The lowest BCUT2D eigenvalue weighted by Crippen LogP contribution is -2.31. The third-order valence-corrected chi connectivity index (χ3v) is 5.75. The van der Waals surface area contributed by atoms with Gasteiger partial charge in [-0.2, -0.15) is 0 Å². The molecule has 5 nitrogen and oxygen atoms in total. The zero-order valence-electron chi connectivity index (χ0n) is 16.3. The molecule has 1 aliphatic carbocycles. The molecule has 146 valence electrons. The Morgan fingerprint density at radius 2 is 1.93 bits per heavy atom. The minimum Gasteiger partial charge on any atom is -0.399 e. The fourth-order valence-corrected chi connectivity index (χ4v) is 4.28. The first-order chi connectivity index (χ1) is 14.3. The zero-order valence-corrected chi connectivity index (χ0v) is 16.3. The lowest BCUT2D eigenvalue weighted by atomic mass is 9.91. The topological polar surface area (TPSA) is 79.6 Å². The Hall–Kier alpha value is -3.18. The number of para-hydroxylation sites is 2. The Labute approximate surface area is 170 Å². The van der Waals surface area contributed by atoms with E-state index in [0.29, 0.717) is 0 Å². The Morgan fingerprint density at radius 3 is 2.79 bits per heavy atom. The summed E-state index contributed by atoms with van der Waals surface area (Å²) >= 11 is 0. The maximum Gasteiger partial charge on any atom is 0.124 e. The highest BCUT2D eigenvalue weighted by atomic mass is 15.1. The van der Waals surface area contributed by atoms with E-state index in [4.69, 9.17) is 15.7 Å². The second-order valence-electron chi connectivity index (χ2n) is 7.80. The number of nitrogens with one attached hydrogen (secondary N) is 2. The number of anilines is 1. The van der Waals surface area contributed by atoms with E-state index in [0.717, 1.165) is 41.8 Å². The molecule has 4 aromatic rings. The lowest BCUT2D eigenvalue weighted by Gasteiger charge is -2.29. The Balaban J connectivity index is 1.49. The number of H-pyrrole nitrogens is 1. The SMILES string of the molecule is Nc1ccc(CC(NC2CCCc3cccnc32)c2nc3ccccc3[nH]2)cc1. The Kier molecular flexibility index (Phi) is 4.74. The zero-order chi connectivity index (χ0) is 19.6. The molecule has 2 aromatic carbocycles. The van der Waals surface area contributed by atoms with Gasteiger partial charge in [0, 0.05) is 11.9 Å². The molecule has 2 heterocycles. The number of hydrogen-bond acceptors (Lipinski definition) is 4. The van der Waals surface area contributed by atoms with Crippen molar-refractivity contribution < 1.29 is 0 Å². The van der Waals surface area contributed by atoms with Crippen LogP contribution in [0.15, 0.2) is 66.9 Å². The predicted molar refractivity (Wildman–Crippen MR) is 116 cm³/mol. The van der Waals surface area contributed by atoms with E-state index in [1.807, 2.05) is 42.6 Å². The number of nitrogens with zero attached hydrogens (tertiary/aromatic N) is 2. The van der Waals surface area contributed by atoms with Gasteiger partial charge in [0.25, 0.3) is 0 Å². The van der Waals surface area contributed by atoms with E-state index in [1.54, 1.807) is 0 Å². The molecule has 5 heteroatoms. The normalized spacial score (nSPS) is 17.2. The summed E-state index contributed by atoms with van der Waals surface area (Å²) in [5, 5.41) is 3.86. The van der Waals surface area contributed by atoms with Gasteiger partial charge in [-0.25, -0.2) is 4.98 Å². The molecule has 2 aromatic heterocycles. The van der Waals surface area contributed by atoms with Crippen LogP contribution in [0.5, 0.6) is 0 Å². The fraction of sp³-hybridized carbons (Fsp3) is 0.250. The van der Waals surface area contributed by atoms with Crippen LogP contribution < -0.4 is 11.1 Å². The number of imidazole rings is 1. The van der Waals surface area contributed by atoms with Gasteiger partial charge in [0.05, 0.1) is 28.8 Å². The second kappa shape index (κ2) is 7.68. The number of nitrogen functional groups attached to an aromatic ring is 1. The maximum atomic E-state index is 5.88. The molecular formula is C24H25N5. The van der Waals surface area contributed by atoms with Crippen LogP contribution in [-0.4, -0.2) is 15.0 Å². The molecule has 0 saturated heterocycles. The van der Waals surface area contributed by atoms with Crippen LogP contribution >= 0.6 is 0 Å². The van der Waals surface area contributed by atoms with Crippen molar-refractivity contribution in [1.29, 1.82) is 0 Å². The van der Waals surface area contributed by atoms with Crippen LogP contribution in [0.1, 0.15) is 47.6 Å². The van der Waals surface area contributed by atoms with E-state index in [9.17, 15) is 0 Å². The van der Waals surface area contributed by atoms with Gasteiger partial charge in [-0.15, -0.1) is 0 Å².